The number of alkyl halides is 1. The van der Waals surface area contributed by atoms with Crippen LogP contribution in [0.2, 0.25) is 5.15 Å². The van der Waals surface area contributed by atoms with Gasteiger partial charge in [0.15, 0.2) is 38.9 Å². The zero-order chi connectivity index (χ0) is 38.9. The van der Waals surface area contributed by atoms with Gasteiger partial charge in [0.1, 0.15) is 29.6 Å². The Kier molecular flexibility index (Phi) is 15.0. The van der Waals surface area contributed by atoms with Gasteiger partial charge in [-0.15, -0.1) is 0 Å². The third-order valence-electron chi connectivity index (χ3n) is 9.87. The summed E-state index contributed by atoms with van der Waals surface area (Å²) in [6.07, 6.45) is 8.90. The van der Waals surface area contributed by atoms with Gasteiger partial charge in [-0.25, -0.2) is 22.6 Å². The first kappa shape index (κ1) is 42.1. The summed E-state index contributed by atoms with van der Waals surface area (Å²) in [5.74, 6) is -1.47. The summed E-state index contributed by atoms with van der Waals surface area (Å²) in [5.41, 5.74) is -0.720. The molecule has 0 spiro atoms. The second kappa shape index (κ2) is 19.2. The molecule has 0 amide bonds. The maximum atomic E-state index is 13.5. The maximum absolute atomic E-state index is 13.5. The number of aromatic nitrogens is 2. The number of ether oxygens (including phenoxy) is 4. The number of fused-ring (bicyclic) bond motifs is 2. The predicted octanol–water partition coefficient (Wildman–Crippen LogP) is 7.44. The van der Waals surface area contributed by atoms with Crippen LogP contribution in [0.1, 0.15) is 115 Å². The summed E-state index contributed by atoms with van der Waals surface area (Å²) >= 11 is 6.37. The van der Waals surface area contributed by atoms with Gasteiger partial charge in [0.25, 0.3) is 0 Å². The van der Waals surface area contributed by atoms with Gasteiger partial charge >= 0.3 is 19.7 Å². The van der Waals surface area contributed by atoms with Gasteiger partial charge in [-0.3, -0.25) is 13.9 Å². The van der Waals surface area contributed by atoms with Gasteiger partial charge in [0.05, 0.1) is 11.4 Å². The average Bonchev–Trinajstić information content (AvgIpc) is 3.77. The summed E-state index contributed by atoms with van der Waals surface area (Å²) in [4.78, 5) is 38.9. The van der Waals surface area contributed by atoms with E-state index in [1.807, 2.05) is 6.07 Å². The lowest BCUT2D eigenvalue weighted by Gasteiger charge is -2.31. The Bertz CT molecular complexity index is 1820. The number of hydrogen-bond donors (Lipinski definition) is 2. The average molecular weight is 819 g/mol. The highest BCUT2D eigenvalue weighted by Gasteiger charge is 2.56. The Morgan fingerprint density at radius 3 is 2.37 bits per heavy atom. The Labute approximate surface area is 319 Å². The molecule has 3 aliphatic rings. The normalized spacial score (nSPS) is 24.6. The third-order valence-corrected chi connectivity index (χ3v) is 14.4. The Morgan fingerprint density at radius 2 is 1.74 bits per heavy atom. The number of hydrogen-bond acceptors (Lipinski definition) is 13. The van der Waals surface area contributed by atoms with Crippen molar-refractivity contribution in [2.45, 2.75) is 140 Å². The molecule has 2 aliphatic heterocycles. The summed E-state index contributed by atoms with van der Waals surface area (Å²) in [6, 6.07) is 3.39. The Balaban J connectivity index is 1.09. The molecule has 300 valence electrons. The van der Waals surface area contributed by atoms with E-state index in [1.54, 1.807) is 6.07 Å². The number of carbonyl (C=O) groups is 2. The number of sulfone groups is 1. The molecule has 15 nitrogen and oxygen atoms in total. The molecule has 2 aromatic heterocycles. The molecule has 2 N–H and O–H groups in total. The molecule has 2 aromatic rings. The number of anilines is 1. The number of nitrogens with zero attached hydrogens (tertiary/aromatic N) is 3. The van der Waals surface area contributed by atoms with Crippen LogP contribution in [0.3, 0.4) is 0 Å². The van der Waals surface area contributed by atoms with E-state index in [0.717, 1.165) is 19.3 Å². The van der Waals surface area contributed by atoms with Gasteiger partial charge in [0, 0.05) is 24.0 Å². The molecule has 1 unspecified atom stereocenters. The van der Waals surface area contributed by atoms with E-state index in [9.17, 15) is 37.1 Å². The number of esters is 1. The standard InChI is InChI=1S/C35H49ClFN4O11PS/c1-2-3-4-5-6-7-8-9-10-11-12-13-14-28(42)48-21-49-53(44,45)22-54(46,47)20-27-30-31(52-35(43)51-30)34(50-27)41-16-15-25-29(39-24-17-23(37)18-24)26(19-38)32(36)40-33(25)41/h15-16,23-24,27,30-31,34H,2-14,17-18,20-22H2,1H3,(H,39,40)(H,44,45)/t23-,24+,27-,30-,31-,34-/m1/s1. The summed E-state index contributed by atoms with van der Waals surface area (Å²) in [6.45, 7) is 1.31. The summed E-state index contributed by atoms with van der Waals surface area (Å²) in [5, 5.41) is 13.2. The molecule has 2 saturated heterocycles. The van der Waals surface area contributed by atoms with Crippen molar-refractivity contribution in [2.24, 2.45) is 0 Å². The van der Waals surface area contributed by atoms with Crippen LogP contribution in [0, 0.1) is 11.3 Å². The van der Waals surface area contributed by atoms with Crippen LogP contribution in [0.25, 0.3) is 11.0 Å². The highest BCUT2D eigenvalue weighted by molar-refractivity contribution is 7.97. The number of unbranched alkanes of at least 4 members (excludes halogenated alkanes) is 11. The van der Waals surface area contributed by atoms with E-state index < -0.39 is 78.3 Å². The summed E-state index contributed by atoms with van der Waals surface area (Å²) in [7, 11) is -9.21. The fourth-order valence-corrected chi connectivity index (χ4v) is 10.9. The van der Waals surface area contributed by atoms with Crippen molar-refractivity contribution in [1.82, 2.24) is 9.55 Å². The highest BCUT2D eigenvalue weighted by atomic mass is 35.5. The molecule has 1 saturated carbocycles. The van der Waals surface area contributed by atoms with E-state index in [1.165, 1.54) is 62.1 Å². The van der Waals surface area contributed by atoms with Crippen molar-refractivity contribution >= 4 is 57.9 Å². The number of nitrogens with one attached hydrogen (secondary N) is 1. The molecule has 19 heteroatoms. The van der Waals surface area contributed by atoms with Crippen LogP contribution in [0.15, 0.2) is 12.3 Å². The zero-order valence-electron chi connectivity index (χ0n) is 30.3. The first-order valence-electron chi connectivity index (χ1n) is 18.7. The molecule has 1 aliphatic carbocycles. The number of nitriles is 1. The van der Waals surface area contributed by atoms with E-state index in [4.69, 9.17) is 35.1 Å². The zero-order valence-corrected chi connectivity index (χ0v) is 32.8. The van der Waals surface area contributed by atoms with Gasteiger partial charge in [0.2, 0.25) is 6.79 Å². The number of rotatable bonds is 23. The molecule has 4 heterocycles. The molecule has 0 bridgehead atoms. The molecule has 5 rings (SSSR count). The van der Waals surface area contributed by atoms with Crippen LogP contribution in [0.4, 0.5) is 14.9 Å². The topological polar surface area (TPSA) is 205 Å². The Hall–Kier alpha value is -3.00. The van der Waals surface area contributed by atoms with Crippen molar-refractivity contribution in [3.63, 3.8) is 0 Å². The molecule has 0 aromatic carbocycles. The number of pyridine rings is 1. The van der Waals surface area contributed by atoms with Crippen LogP contribution in [0.5, 0.6) is 0 Å². The Morgan fingerprint density at radius 1 is 1.11 bits per heavy atom. The lowest BCUT2D eigenvalue weighted by Crippen LogP contribution is -2.36. The first-order valence-corrected chi connectivity index (χ1v) is 22.6. The smallest absolute Gasteiger partial charge is 0.438 e. The SMILES string of the molecule is CCCCCCCCCCCCCCC(=O)OCOP(=O)(O)CS(=O)(=O)C[C@H]1O[C@@H](n2ccc3c(N[C@H]4C[C@@H](F)C4)c(C#N)c(Cl)nc32)[C@@H]2OC(=O)O[C@@H]21. The van der Waals surface area contributed by atoms with Crippen molar-refractivity contribution in [2.75, 3.05) is 23.4 Å². The maximum Gasteiger partial charge on any atom is 0.509 e. The van der Waals surface area contributed by atoms with Crippen molar-refractivity contribution in [1.29, 1.82) is 5.26 Å². The van der Waals surface area contributed by atoms with Gasteiger partial charge in [-0.1, -0.05) is 89.2 Å². The molecule has 54 heavy (non-hydrogen) atoms. The van der Waals surface area contributed by atoms with Gasteiger partial charge < -0.3 is 33.7 Å². The molecule has 5 atom stereocenters. The minimum absolute atomic E-state index is 0.0547. The fourth-order valence-electron chi connectivity index (χ4n) is 7.00. The van der Waals surface area contributed by atoms with Crippen LogP contribution in [-0.4, -0.2) is 83.6 Å². The van der Waals surface area contributed by atoms with Crippen molar-refractivity contribution < 1.29 is 55.3 Å². The van der Waals surface area contributed by atoms with Crippen LogP contribution in [-0.2, 0) is 42.7 Å². The van der Waals surface area contributed by atoms with E-state index in [-0.39, 0.29) is 41.7 Å². The molecular weight excluding hydrogens is 770 g/mol. The van der Waals surface area contributed by atoms with Crippen LogP contribution < -0.4 is 5.32 Å². The summed E-state index contributed by atoms with van der Waals surface area (Å²) < 4.78 is 80.3. The minimum Gasteiger partial charge on any atom is -0.438 e. The van der Waals surface area contributed by atoms with E-state index in [2.05, 4.69) is 17.2 Å². The quantitative estimate of drug-likeness (QED) is 0.0368. The first-order chi connectivity index (χ1) is 25.8. The number of halogens is 2. The minimum atomic E-state index is -4.80. The second-order valence-corrected chi connectivity index (χ2v) is 18.9. The van der Waals surface area contributed by atoms with Crippen LogP contribution >= 0.6 is 19.2 Å². The number of carbonyl (C=O) groups excluding carboxylic acids is 2. The largest absolute Gasteiger partial charge is 0.509 e. The molecule has 0 radical (unpaired) electrons. The predicted molar refractivity (Wildman–Crippen MR) is 196 cm³/mol. The lowest BCUT2D eigenvalue weighted by molar-refractivity contribution is -0.150. The molecular formula is C35H49ClFN4O11PS. The highest BCUT2D eigenvalue weighted by Crippen LogP contribution is 2.46. The van der Waals surface area contributed by atoms with Gasteiger partial charge in [-0.2, -0.15) is 5.26 Å². The van der Waals surface area contributed by atoms with Crippen molar-refractivity contribution in [3.05, 3.63) is 23.0 Å². The van der Waals surface area contributed by atoms with E-state index >= 15 is 0 Å². The molecule has 3 fully saturated rings. The fraction of sp³-hybridized carbons (Fsp3) is 0.714. The van der Waals surface area contributed by atoms with E-state index in [0.29, 0.717) is 17.5 Å². The van der Waals surface area contributed by atoms with Crippen molar-refractivity contribution in [3.8, 4) is 6.07 Å². The lowest BCUT2D eigenvalue weighted by atomic mass is 9.90. The monoisotopic (exact) mass is 818 g/mol. The second-order valence-electron chi connectivity index (χ2n) is 14.2. The van der Waals surface area contributed by atoms with Gasteiger partial charge in [-0.05, 0) is 25.3 Å². The third kappa shape index (κ3) is 11.3.